The maximum absolute atomic E-state index is 5.46. The summed E-state index contributed by atoms with van der Waals surface area (Å²) in [5.74, 6) is 1.41. The second kappa shape index (κ2) is 5.02. The molecule has 76 valence electrons. The van der Waals surface area contributed by atoms with Crippen molar-refractivity contribution < 1.29 is 4.74 Å². The lowest BCUT2D eigenvalue weighted by atomic mass is 10.1. The van der Waals surface area contributed by atoms with Crippen LogP contribution >= 0.6 is 0 Å². The zero-order chi connectivity index (χ0) is 9.64. The van der Waals surface area contributed by atoms with Crippen LogP contribution in [0.3, 0.4) is 0 Å². The highest BCUT2D eigenvalue weighted by Crippen LogP contribution is 2.05. The molecule has 2 heterocycles. The van der Waals surface area contributed by atoms with Gasteiger partial charge in [-0.15, -0.1) is 0 Å². The Hall–Kier alpha value is -1.00. The Labute approximate surface area is 83.7 Å². The molecule has 4 heteroatoms. The molecule has 2 rings (SSSR count). The standard InChI is InChI=1S/C10H15N3O/c1-2-12-10(13-3-1)6-9-7-11-4-5-14-8-9/h1-3,9,11H,4-8H2/t9-/m1/s1. The van der Waals surface area contributed by atoms with Crippen LogP contribution in [-0.4, -0.2) is 36.3 Å². The highest BCUT2D eigenvalue weighted by atomic mass is 16.5. The third-order valence-electron chi connectivity index (χ3n) is 2.30. The largest absolute Gasteiger partial charge is 0.380 e. The van der Waals surface area contributed by atoms with E-state index in [2.05, 4.69) is 15.3 Å². The second-order valence-corrected chi connectivity index (χ2v) is 3.51. The molecule has 0 bridgehead atoms. The molecule has 14 heavy (non-hydrogen) atoms. The first-order valence-electron chi connectivity index (χ1n) is 4.99. The molecule has 0 aromatic carbocycles. The monoisotopic (exact) mass is 193 g/mol. The third-order valence-corrected chi connectivity index (χ3v) is 2.30. The number of rotatable bonds is 2. The van der Waals surface area contributed by atoms with Gasteiger partial charge in [-0.25, -0.2) is 9.97 Å². The number of hydrogen-bond donors (Lipinski definition) is 1. The summed E-state index contributed by atoms with van der Waals surface area (Å²) in [5, 5.41) is 3.34. The Balaban J connectivity index is 1.90. The number of ether oxygens (including phenoxy) is 1. The first-order valence-corrected chi connectivity index (χ1v) is 4.99. The van der Waals surface area contributed by atoms with Crippen LogP contribution in [0.25, 0.3) is 0 Å². The van der Waals surface area contributed by atoms with E-state index < -0.39 is 0 Å². The van der Waals surface area contributed by atoms with Gasteiger partial charge in [0.25, 0.3) is 0 Å². The molecular weight excluding hydrogens is 178 g/mol. The smallest absolute Gasteiger partial charge is 0.128 e. The van der Waals surface area contributed by atoms with Gasteiger partial charge in [0.1, 0.15) is 5.82 Å². The predicted molar refractivity (Wildman–Crippen MR) is 52.9 cm³/mol. The molecule has 0 radical (unpaired) electrons. The molecule has 0 unspecified atom stereocenters. The van der Waals surface area contributed by atoms with Crippen molar-refractivity contribution >= 4 is 0 Å². The van der Waals surface area contributed by atoms with Gasteiger partial charge in [0.05, 0.1) is 13.2 Å². The van der Waals surface area contributed by atoms with Gasteiger partial charge in [0.15, 0.2) is 0 Å². The van der Waals surface area contributed by atoms with Crippen molar-refractivity contribution in [2.75, 3.05) is 26.3 Å². The van der Waals surface area contributed by atoms with Gasteiger partial charge in [0, 0.05) is 37.8 Å². The van der Waals surface area contributed by atoms with Crippen molar-refractivity contribution in [2.24, 2.45) is 5.92 Å². The fourth-order valence-corrected chi connectivity index (χ4v) is 1.58. The fourth-order valence-electron chi connectivity index (χ4n) is 1.58. The van der Waals surface area contributed by atoms with Gasteiger partial charge in [-0.3, -0.25) is 0 Å². The average molecular weight is 193 g/mol. The Morgan fingerprint density at radius 1 is 1.43 bits per heavy atom. The molecular formula is C10H15N3O. The van der Waals surface area contributed by atoms with Crippen molar-refractivity contribution in [3.8, 4) is 0 Å². The van der Waals surface area contributed by atoms with Crippen LogP contribution in [0.5, 0.6) is 0 Å². The average Bonchev–Trinajstić information content (AvgIpc) is 2.48. The summed E-state index contributed by atoms with van der Waals surface area (Å²) in [6, 6.07) is 1.84. The Kier molecular flexibility index (Phi) is 3.43. The van der Waals surface area contributed by atoms with Gasteiger partial charge in [-0.05, 0) is 6.07 Å². The van der Waals surface area contributed by atoms with Gasteiger partial charge >= 0.3 is 0 Å². The summed E-state index contributed by atoms with van der Waals surface area (Å²) in [5.41, 5.74) is 0. The van der Waals surface area contributed by atoms with Gasteiger partial charge in [-0.2, -0.15) is 0 Å². The number of nitrogens with zero attached hydrogens (tertiary/aromatic N) is 2. The van der Waals surface area contributed by atoms with E-state index in [1.54, 1.807) is 12.4 Å². The summed E-state index contributed by atoms with van der Waals surface area (Å²) in [6.45, 7) is 3.57. The van der Waals surface area contributed by atoms with Crippen molar-refractivity contribution in [2.45, 2.75) is 6.42 Å². The van der Waals surface area contributed by atoms with Crippen molar-refractivity contribution in [1.82, 2.24) is 15.3 Å². The molecule has 1 fully saturated rings. The number of aromatic nitrogens is 2. The molecule has 0 amide bonds. The Morgan fingerprint density at radius 2 is 2.29 bits per heavy atom. The first kappa shape index (κ1) is 9.55. The second-order valence-electron chi connectivity index (χ2n) is 3.51. The maximum atomic E-state index is 5.46. The van der Waals surface area contributed by atoms with E-state index in [1.807, 2.05) is 6.07 Å². The molecule has 0 spiro atoms. The van der Waals surface area contributed by atoms with E-state index in [9.17, 15) is 0 Å². The molecule has 1 aromatic rings. The summed E-state index contributed by atoms with van der Waals surface area (Å²) in [6.07, 6.45) is 4.47. The quantitative estimate of drug-likeness (QED) is 0.731. The van der Waals surface area contributed by atoms with Gasteiger partial charge < -0.3 is 10.1 Å². The summed E-state index contributed by atoms with van der Waals surface area (Å²) in [4.78, 5) is 8.42. The highest BCUT2D eigenvalue weighted by Gasteiger charge is 2.13. The van der Waals surface area contributed by atoms with Crippen LogP contribution < -0.4 is 5.32 Å². The number of nitrogens with one attached hydrogen (secondary N) is 1. The van der Waals surface area contributed by atoms with Crippen LogP contribution in [-0.2, 0) is 11.2 Å². The van der Waals surface area contributed by atoms with Crippen molar-refractivity contribution in [3.63, 3.8) is 0 Å². The molecule has 1 N–H and O–H groups in total. The van der Waals surface area contributed by atoms with Crippen LogP contribution in [0, 0.1) is 5.92 Å². The SMILES string of the molecule is c1cnc(C[C@@H]2CNCCOC2)nc1. The summed E-state index contributed by atoms with van der Waals surface area (Å²) >= 11 is 0. The molecule has 1 saturated heterocycles. The lowest BCUT2D eigenvalue weighted by molar-refractivity contribution is 0.123. The Morgan fingerprint density at radius 3 is 3.14 bits per heavy atom. The molecule has 4 nitrogen and oxygen atoms in total. The first-order chi connectivity index (χ1) is 6.95. The summed E-state index contributed by atoms with van der Waals surface area (Å²) in [7, 11) is 0. The molecule has 0 saturated carbocycles. The minimum Gasteiger partial charge on any atom is -0.380 e. The lowest BCUT2D eigenvalue weighted by Crippen LogP contribution is -2.24. The molecule has 0 aliphatic carbocycles. The molecule has 1 aliphatic rings. The van der Waals surface area contributed by atoms with E-state index in [4.69, 9.17) is 4.74 Å². The van der Waals surface area contributed by atoms with Crippen LogP contribution in [0.15, 0.2) is 18.5 Å². The van der Waals surface area contributed by atoms with Crippen LogP contribution in [0.2, 0.25) is 0 Å². The van der Waals surface area contributed by atoms with E-state index in [0.717, 1.165) is 38.5 Å². The van der Waals surface area contributed by atoms with Gasteiger partial charge in [-0.1, -0.05) is 0 Å². The topological polar surface area (TPSA) is 47.0 Å². The van der Waals surface area contributed by atoms with Crippen molar-refractivity contribution in [1.29, 1.82) is 0 Å². The van der Waals surface area contributed by atoms with E-state index in [0.29, 0.717) is 5.92 Å². The minimum absolute atomic E-state index is 0.500. The molecule has 1 aliphatic heterocycles. The molecule has 1 aromatic heterocycles. The van der Waals surface area contributed by atoms with E-state index in [1.165, 1.54) is 0 Å². The number of hydrogen-bond acceptors (Lipinski definition) is 4. The lowest BCUT2D eigenvalue weighted by Gasteiger charge is -2.11. The van der Waals surface area contributed by atoms with E-state index in [-0.39, 0.29) is 0 Å². The predicted octanol–water partition coefficient (Wildman–Crippen LogP) is 0.255. The fraction of sp³-hybridized carbons (Fsp3) is 0.600. The zero-order valence-corrected chi connectivity index (χ0v) is 8.15. The van der Waals surface area contributed by atoms with E-state index >= 15 is 0 Å². The van der Waals surface area contributed by atoms with Crippen LogP contribution in [0.4, 0.5) is 0 Å². The third kappa shape index (κ3) is 2.75. The van der Waals surface area contributed by atoms with Crippen LogP contribution in [0.1, 0.15) is 5.82 Å². The minimum atomic E-state index is 0.500. The Bertz CT molecular complexity index is 257. The van der Waals surface area contributed by atoms with Crippen molar-refractivity contribution in [3.05, 3.63) is 24.3 Å². The highest BCUT2D eigenvalue weighted by molar-refractivity contribution is 4.90. The molecule has 1 atom stereocenters. The zero-order valence-electron chi connectivity index (χ0n) is 8.15. The normalized spacial score (nSPS) is 23.0. The maximum Gasteiger partial charge on any atom is 0.128 e. The van der Waals surface area contributed by atoms with Gasteiger partial charge in [0.2, 0.25) is 0 Å². The summed E-state index contributed by atoms with van der Waals surface area (Å²) < 4.78 is 5.46.